The van der Waals surface area contributed by atoms with Crippen LogP contribution in [0.25, 0.3) is 0 Å². The molecule has 0 heterocycles. The number of hydrogen-bond donors (Lipinski definition) is 4. The Morgan fingerprint density at radius 2 is 1.43 bits per heavy atom. The number of benzene rings is 1. The van der Waals surface area contributed by atoms with Crippen LogP contribution in [0.1, 0.15) is 0 Å². The smallest absolute Gasteiger partial charge is 0.0604 e. The maximum Gasteiger partial charge on any atom is 0.0604 e. The number of aliphatic hydroxyl groups excluding tert-OH is 2. The minimum Gasteiger partial charge on any atom is -0.395 e. The van der Waals surface area contributed by atoms with Crippen molar-refractivity contribution in [2.75, 3.05) is 36.9 Å². The third kappa shape index (κ3) is 3.64. The van der Waals surface area contributed by atoms with Crippen LogP contribution in [-0.4, -0.2) is 36.5 Å². The Labute approximate surface area is 83.6 Å². The van der Waals surface area contributed by atoms with Gasteiger partial charge in [0.25, 0.3) is 0 Å². The number of aliphatic hydroxyl groups is 2. The fourth-order valence-corrected chi connectivity index (χ4v) is 1.14. The van der Waals surface area contributed by atoms with E-state index in [9.17, 15) is 0 Å². The molecule has 4 heteroatoms. The van der Waals surface area contributed by atoms with Crippen molar-refractivity contribution in [3.05, 3.63) is 24.3 Å². The maximum atomic E-state index is 8.63. The van der Waals surface area contributed by atoms with Crippen molar-refractivity contribution in [2.45, 2.75) is 0 Å². The quantitative estimate of drug-likeness (QED) is 0.535. The SMILES string of the molecule is OCCNc1cccc(NCCO)c1. The molecule has 0 atom stereocenters. The molecular formula is C10H16N2O2. The van der Waals surface area contributed by atoms with Crippen LogP contribution >= 0.6 is 0 Å². The monoisotopic (exact) mass is 196 g/mol. The zero-order valence-electron chi connectivity index (χ0n) is 8.03. The molecule has 0 unspecified atom stereocenters. The molecule has 1 aromatic rings. The zero-order valence-corrected chi connectivity index (χ0v) is 8.03. The fourth-order valence-electron chi connectivity index (χ4n) is 1.14. The van der Waals surface area contributed by atoms with E-state index in [2.05, 4.69) is 10.6 Å². The Hall–Kier alpha value is -1.26. The Morgan fingerprint density at radius 3 is 1.86 bits per heavy atom. The molecule has 0 saturated carbocycles. The molecule has 0 radical (unpaired) electrons. The van der Waals surface area contributed by atoms with E-state index >= 15 is 0 Å². The van der Waals surface area contributed by atoms with Crippen molar-refractivity contribution >= 4 is 11.4 Å². The average molecular weight is 196 g/mol. The summed E-state index contributed by atoms with van der Waals surface area (Å²) in [4.78, 5) is 0. The summed E-state index contributed by atoms with van der Waals surface area (Å²) in [6.07, 6.45) is 0. The number of rotatable bonds is 6. The first-order chi connectivity index (χ1) is 6.86. The van der Waals surface area contributed by atoms with Gasteiger partial charge in [0, 0.05) is 24.5 Å². The first kappa shape index (κ1) is 10.8. The molecule has 0 amide bonds. The van der Waals surface area contributed by atoms with Gasteiger partial charge >= 0.3 is 0 Å². The summed E-state index contributed by atoms with van der Waals surface area (Å²) in [7, 11) is 0. The van der Waals surface area contributed by atoms with Gasteiger partial charge in [0.05, 0.1) is 13.2 Å². The molecule has 0 saturated heterocycles. The van der Waals surface area contributed by atoms with Crippen molar-refractivity contribution in [2.24, 2.45) is 0 Å². The van der Waals surface area contributed by atoms with E-state index in [-0.39, 0.29) is 13.2 Å². The average Bonchev–Trinajstić information content (AvgIpc) is 2.24. The molecule has 0 spiro atoms. The van der Waals surface area contributed by atoms with E-state index in [4.69, 9.17) is 10.2 Å². The molecular weight excluding hydrogens is 180 g/mol. The first-order valence-corrected chi connectivity index (χ1v) is 4.66. The minimum atomic E-state index is 0.119. The van der Waals surface area contributed by atoms with Crippen molar-refractivity contribution in [1.82, 2.24) is 0 Å². The van der Waals surface area contributed by atoms with Gasteiger partial charge in [0.15, 0.2) is 0 Å². The van der Waals surface area contributed by atoms with Gasteiger partial charge in [-0.1, -0.05) is 6.07 Å². The molecule has 1 aromatic carbocycles. The molecule has 0 aliphatic rings. The molecule has 4 nitrogen and oxygen atoms in total. The van der Waals surface area contributed by atoms with Gasteiger partial charge < -0.3 is 20.8 Å². The Kier molecular flexibility index (Phi) is 4.82. The van der Waals surface area contributed by atoms with Crippen LogP contribution < -0.4 is 10.6 Å². The van der Waals surface area contributed by atoms with Crippen LogP contribution in [0.4, 0.5) is 11.4 Å². The standard InChI is InChI=1S/C10H16N2O2/c13-6-4-11-9-2-1-3-10(8-9)12-5-7-14/h1-3,8,11-14H,4-7H2. The van der Waals surface area contributed by atoms with Gasteiger partial charge in [-0.15, -0.1) is 0 Å². The van der Waals surface area contributed by atoms with E-state index in [1.54, 1.807) is 0 Å². The highest BCUT2D eigenvalue weighted by atomic mass is 16.3. The summed E-state index contributed by atoms with van der Waals surface area (Å²) in [6, 6.07) is 7.71. The Balaban J connectivity index is 2.50. The number of anilines is 2. The molecule has 0 aliphatic carbocycles. The summed E-state index contributed by atoms with van der Waals surface area (Å²) in [5, 5.41) is 23.4. The summed E-state index contributed by atoms with van der Waals surface area (Å²) in [5.41, 5.74) is 1.92. The third-order valence-electron chi connectivity index (χ3n) is 1.74. The highest BCUT2D eigenvalue weighted by molar-refractivity contribution is 5.56. The lowest BCUT2D eigenvalue weighted by atomic mass is 10.2. The van der Waals surface area contributed by atoms with Gasteiger partial charge in [0.1, 0.15) is 0 Å². The molecule has 0 fully saturated rings. The van der Waals surface area contributed by atoms with Crippen LogP contribution in [0.2, 0.25) is 0 Å². The predicted octanol–water partition coefficient (Wildman–Crippen LogP) is 0.495. The van der Waals surface area contributed by atoms with E-state index in [0.29, 0.717) is 13.1 Å². The lowest BCUT2D eigenvalue weighted by molar-refractivity contribution is 0.311. The summed E-state index contributed by atoms with van der Waals surface area (Å²) < 4.78 is 0. The van der Waals surface area contributed by atoms with Crippen LogP contribution in [0.3, 0.4) is 0 Å². The molecule has 14 heavy (non-hydrogen) atoms. The molecule has 78 valence electrons. The number of nitrogens with one attached hydrogen (secondary N) is 2. The second-order valence-electron chi connectivity index (χ2n) is 2.88. The van der Waals surface area contributed by atoms with Crippen LogP contribution in [0.5, 0.6) is 0 Å². The molecule has 0 aromatic heterocycles. The van der Waals surface area contributed by atoms with Gasteiger partial charge in [0.2, 0.25) is 0 Å². The molecule has 1 rings (SSSR count). The fraction of sp³-hybridized carbons (Fsp3) is 0.400. The highest BCUT2D eigenvalue weighted by Crippen LogP contribution is 2.14. The predicted molar refractivity (Wildman–Crippen MR) is 57.6 cm³/mol. The zero-order chi connectivity index (χ0) is 10.2. The van der Waals surface area contributed by atoms with E-state index in [0.717, 1.165) is 11.4 Å². The normalized spacial score (nSPS) is 9.86. The Bertz CT molecular complexity index is 243. The molecule has 0 bridgehead atoms. The van der Waals surface area contributed by atoms with E-state index < -0.39 is 0 Å². The lowest BCUT2D eigenvalue weighted by Crippen LogP contribution is -2.07. The third-order valence-corrected chi connectivity index (χ3v) is 1.74. The van der Waals surface area contributed by atoms with Crippen molar-refractivity contribution in [3.63, 3.8) is 0 Å². The van der Waals surface area contributed by atoms with Crippen LogP contribution in [0, 0.1) is 0 Å². The molecule has 4 N–H and O–H groups in total. The summed E-state index contributed by atoms with van der Waals surface area (Å²) >= 11 is 0. The minimum absolute atomic E-state index is 0.119. The van der Waals surface area contributed by atoms with Gasteiger partial charge in [-0.2, -0.15) is 0 Å². The maximum absolute atomic E-state index is 8.63. The van der Waals surface area contributed by atoms with Crippen molar-refractivity contribution in [1.29, 1.82) is 0 Å². The highest BCUT2D eigenvalue weighted by Gasteiger charge is 1.93. The largest absolute Gasteiger partial charge is 0.395 e. The van der Waals surface area contributed by atoms with Crippen molar-refractivity contribution in [3.8, 4) is 0 Å². The van der Waals surface area contributed by atoms with E-state index in [1.165, 1.54) is 0 Å². The number of hydrogen-bond acceptors (Lipinski definition) is 4. The second-order valence-corrected chi connectivity index (χ2v) is 2.88. The second kappa shape index (κ2) is 6.23. The van der Waals surface area contributed by atoms with Crippen LogP contribution in [0.15, 0.2) is 24.3 Å². The van der Waals surface area contributed by atoms with Gasteiger partial charge in [-0.25, -0.2) is 0 Å². The van der Waals surface area contributed by atoms with Crippen LogP contribution in [-0.2, 0) is 0 Å². The first-order valence-electron chi connectivity index (χ1n) is 4.66. The van der Waals surface area contributed by atoms with Crippen molar-refractivity contribution < 1.29 is 10.2 Å². The van der Waals surface area contributed by atoms with E-state index in [1.807, 2.05) is 24.3 Å². The van der Waals surface area contributed by atoms with Gasteiger partial charge in [-0.05, 0) is 18.2 Å². The Morgan fingerprint density at radius 1 is 0.929 bits per heavy atom. The topological polar surface area (TPSA) is 64.5 Å². The summed E-state index contributed by atoms with van der Waals surface area (Å²) in [6.45, 7) is 1.33. The lowest BCUT2D eigenvalue weighted by Gasteiger charge is -2.08. The van der Waals surface area contributed by atoms with Gasteiger partial charge in [-0.3, -0.25) is 0 Å². The summed E-state index contributed by atoms with van der Waals surface area (Å²) in [5.74, 6) is 0. The molecule has 0 aliphatic heterocycles.